The minimum Gasteiger partial charge on any atom is -0.352 e. The van der Waals surface area contributed by atoms with Crippen LogP contribution in [0.15, 0.2) is 28.7 Å². The predicted octanol–water partition coefficient (Wildman–Crippen LogP) is 3.11. The van der Waals surface area contributed by atoms with E-state index in [0.717, 1.165) is 10.2 Å². The zero-order chi connectivity index (χ0) is 16.0. The summed E-state index contributed by atoms with van der Waals surface area (Å²) in [6.07, 6.45) is 5.52. The fourth-order valence-electron chi connectivity index (χ4n) is 3.62. The number of carbonyl (C=O) groups excluding carboxylic acids is 2. The number of nitrogens with one attached hydrogen (secondary N) is 1. The molecule has 2 amide bonds. The lowest BCUT2D eigenvalue weighted by Gasteiger charge is -2.20. The van der Waals surface area contributed by atoms with Crippen LogP contribution in [0.5, 0.6) is 0 Å². The number of carbonyl (C=O) groups is 2. The zero-order valence-corrected chi connectivity index (χ0v) is 14.6. The second-order valence-electron chi connectivity index (χ2n) is 7.02. The number of anilines is 1. The van der Waals surface area contributed by atoms with Gasteiger partial charge >= 0.3 is 0 Å². The lowest BCUT2D eigenvalue weighted by Crippen LogP contribution is -2.44. The van der Waals surface area contributed by atoms with E-state index >= 15 is 0 Å². The minimum absolute atomic E-state index is 0.0590. The topological polar surface area (TPSA) is 49.4 Å². The van der Waals surface area contributed by atoms with Crippen molar-refractivity contribution in [2.75, 3.05) is 11.4 Å². The van der Waals surface area contributed by atoms with Crippen LogP contribution in [0.4, 0.5) is 5.69 Å². The largest absolute Gasteiger partial charge is 0.352 e. The van der Waals surface area contributed by atoms with Crippen molar-refractivity contribution in [3.8, 4) is 0 Å². The third kappa shape index (κ3) is 3.16. The number of amides is 2. The van der Waals surface area contributed by atoms with Crippen LogP contribution in [-0.2, 0) is 9.59 Å². The van der Waals surface area contributed by atoms with E-state index in [1.807, 2.05) is 24.3 Å². The first-order chi connectivity index (χ1) is 11.1. The second kappa shape index (κ2) is 5.93. The van der Waals surface area contributed by atoms with E-state index in [1.165, 1.54) is 25.7 Å². The van der Waals surface area contributed by atoms with E-state index < -0.39 is 5.92 Å². The first-order valence-corrected chi connectivity index (χ1v) is 9.30. The molecule has 122 valence electrons. The van der Waals surface area contributed by atoms with Crippen molar-refractivity contribution in [3.05, 3.63) is 28.7 Å². The molecule has 5 heteroatoms. The van der Waals surface area contributed by atoms with Gasteiger partial charge in [0.25, 0.3) is 0 Å². The number of nitrogens with zero attached hydrogens (tertiary/aromatic N) is 1. The van der Waals surface area contributed by atoms with Gasteiger partial charge in [-0.1, -0.05) is 22.0 Å². The molecule has 1 saturated heterocycles. The van der Waals surface area contributed by atoms with E-state index in [4.69, 9.17) is 0 Å². The SMILES string of the molecule is O=C(NC(C1CC1)C1CC1)C1CCN(c2cccc(Br)c2)C1=O. The molecule has 1 atom stereocenters. The monoisotopic (exact) mass is 376 g/mol. The van der Waals surface area contributed by atoms with Crippen molar-refractivity contribution >= 4 is 33.4 Å². The molecule has 0 spiro atoms. The fourth-order valence-corrected chi connectivity index (χ4v) is 4.01. The first kappa shape index (κ1) is 15.2. The highest BCUT2D eigenvalue weighted by molar-refractivity contribution is 9.10. The summed E-state index contributed by atoms with van der Waals surface area (Å²) >= 11 is 3.43. The van der Waals surface area contributed by atoms with Gasteiger partial charge in [-0.05, 0) is 62.1 Å². The molecule has 1 unspecified atom stereocenters. The summed E-state index contributed by atoms with van der Waals surface area (Å²) in [7, 11) is 0. The smallest absolute Gasteiger partial charge is 0.239 e. The summed E-state index contributed by atoms with van der Waals surface area (Å²) < 4.78 is 0.943. The highest BCUT2D eigenvalue weighted by Gasteiger charge is 2.45. The highest BCUT2D eigenvalue weighted by atomic mass is 79.9. The van der Waals surface area contributed by atoms with E-state index in [1.54, 1.807) is 4.90 Å². The van der Waals surface area contributed by atoms with E-state index in [0.29, 0.717) is 30.8 Å². The lowest BCUT2D eigenvalue weighted by atomic mass is 10.0. The molecule has 0 aromatic heterocycles. The van der Waals surface area contributed by atoms with Crippen molar-refractivity contribution in [2.45, 2.75) is 38.1 Å². The van der Waals surface area contributed by atoms with Crippen LogP contribution in [0.2, 0.25) is 0 Å². The predicted molar refractivity (Wildman–Crippen MR) is 92.0 cm³/mol. The summed E-state index contributed by atoms with van der Waals surface area (Å²) in [5.41, 5.74) is 0.862. The molecule has 2 aliphatic carbocycles. The highest BCUT2D eigenvalue weighted by Crippen LogP contribution is 2.44. The average molecular weight is 377 g/mol. The number of hydrogen-bond acceptors (Lipinski definition) is 2. The molecule has 23 heavy (non-hydrogen) atoms. The fraction of sp³-hybridized carbons (Fsp3) is 0.556. The van der Waals surface area contributed by atoms with Crippen LogP contribution in [0, 0.1) is 17.8 Å². The van der Waals surface area contributed by atoms with Gasteiger partial charge in [0.05, 0.1) is 0 Å². The van der Waals surface area contributed by atoms with Gasteiger partial charge in [0, 0.05) is 22.7 Å². The number of hydrogen-bond donors (Lipinski definition) is 1. The number of rotatable bonds is 5. The Labute approximate surface area is 144 Å². The quantitative estimate of drug-likeness (QED) is 0.802. The summed E-state index contributed by atoms with van der Waals surface area (Å²) in [5, 5.41) is 3.20. The lowest BCUT2D eigenvalue weighted by molar-refractivity contribution is -0.132. The Bertz CT molecular complexity index is 628. The third-order valence-electron chi connectivity index (χ3n) is 5.21. The van der Waals surface area contributed by atoms with Gasteiger partial charge in [-0.25, -0.2) is 0 Å². The van der Waals surface area contributed by atoms with Crippen LogP contribution in [0.25, 0.3) is 0 Å². The Morgan fingerprint density at radius 3 is 2.48 bits per heavy atom. The maximum Gasteiger partial charge on any atom is 0.239 e. The van der Waals surface area contributed by atoms with Crippen LogP contribution in [-0.4, -0.2) is 24.4 Å². The van der Waals surface area contributed by atoms with Crippen molar-refractivity contribution in [3.63, 3.8) is 0 Å². The first-order valence-electron chi connectivity index (χ1n) is 8.51. The average Bonchev–Trinajstić information content (AvgIpc) is 3.43. The number of halogens is 1. The van der Waals surface area contributed by atoms with Gasteiger partial charge in [0.15, 0.2) is 0 Å². The Morgan fingerprint density at radius 1 is 1.17 bits per heavy atom. The van der Waals surface area contributed by atoms with E-state index in [2.05, 4.69) is 21.2 Å². The maximum absolute atomic E-state index is 12.7. The molecule has 3 aliphatic rings. The van der Waals surface area contributed by atoms with Gasteiger partial charge in [-0.3, -0.25) is 9.59 Å². The molecule has 1 aromatic rings. The molecule has 4 rings (SSSR count). The molecule has 0 radical (unpaired) electrons. The van der Waals surface area contributed by atoms with Crippen LogP contribution >= 0.6 is 15.9 Å². The van der Waals surface area contributed by atoms with Crippen LogP contribution < -0.4 is 10.2 Å². The molecule has 4 nitrogen and oxygen atoms in total. The molecule has 0 bridgehead atoms. The molecule has 1 N–H and O–H groups in total. The molecular formula is C18H21BrN2O2. The van der Waals surface area contributed by atoms with Crippen molar-refractivity contribution in [1.29, 1.82) is 0 Å². The molecule has 1 aliphatic heterocycles. The van der Waals surface area contributed by atoms with Gasteiger partial charge in [0.1, 0.15) is 5.92 Å². The summed E-state index contributed by atoms with van der Waals surface area (Å²) in [4.78, 5) is 27.0. The van der Waals surface area contributed by atoms with Gasteiger partial charge in [-0.15, -0.1) is 0 Å². The normalized spacial score (nSPS) is 24.3. The van der Waals surface area contributed by atoms with Crippen molar-refractivity contribution in [2.24, 2.45) is 17.8 Å². The molecule has 1 aromatic carbocycles. The summed E-state index contributed by atoms with van der Waals surface area (Å²) in [6, 6.07) is 8.01. The minimum atomic E-state index is -0.519. The van der Waals surface area contributed by atoms with Gasteiger partial charge in [-0.2, -0.15) is 0 Å². The molecule has 1 heterocycles. The zero-order valence-electron chi connectivity index (χ0n) is 13.0. The second-order valence-corrected chi connectivity index (χ2v) is 7.94. The van der Waals surface area contributed by atoms with Gasteiger partial charge < -0.3 is 10.2 Å². The Hall–Kier alpha value is -1.36. The summed E-state index contributed by atoms with van der Waals surface area (Å²) in [5.74, 6) is 0.671. The van der Waals surface area contributed by atoms with E-state index in [-0.39, 0.29) is 11.8 Å². The molecule has 3 fully saturated rings. The number of benzene rings is 1. The molecular weight excluding hydrogens is 356 g/mol. The Kier molecular flexibility index (Phi) is 3.92. The van der Waals surface area contributed by atoms with Gasteiger partial charge in [0.2, 0.25) is 11.8 Å². The standard InChI is InChI=1S/C18H21BrN2O2/c19-13-2-1-3-14(10-13)21-9-8-15(18(21)23)17(22)20-16(11-4-5-11)12-6-7-12/h1-3,10-12,15-16H,4-9H2,(H,20,22). The van der Waals surface area contributed by atoms with Crippen molar-refractivity contribution in [1.82, 2.24) is 5.32 Å². The maximum atomic E-state index is 12.7. The third-order valence-corrected chi connectivity index (χ3v) is 5.70. The Balaban J connectivity index is 1.43. The Morgan fingerprint density at radius 2 is 1.87 bits per heavy atom. The summed E-state index contributed by atoms with van der Waals surface area (Å²) in [6.45, 7) is 0.616. The van der Waals surface area contributed by atoms with Crippen molar-refractivity contribution < 1.29 is 9.59 Å². The van der Waals surface area contributed by atoms with E-state index in [9.17, 15) is 9.59 Å². The van der Waals surface area contributed by atoms with Crippen LogP contribution in [0.1, 0.15) is 32.1 Å². The van der Waals surface area contributed by atoms with Crippen LogP contribution in [0.3, 0.4) is 0 Å². The molecule has 2 saturated carbocycles.